The first-order valence-electron chi connectivity index (χ1n) is 5.68. The molecule has 21 heavy (non-hydrogen) atoms. The number of aromatic hydroxyl groups is 1. The predicted octanol–water partition coefficient (Wildman–Crippen LogP) is 3.91. The Morgan fingerprint density at radius 3 is 2.62 bits per heavy atom. The summed E-state index contributed by atoms with van der Waals surface area (Å²) < 4.78 is 37.3. The third-order valence-electron chi connectivity index (χ3n) is 2.48. The molecule has 0 radical (unpaired) electrons. The summed E-state index contributed by atoms with van der Waals surface area (Å²) in [5, 5.41) is 13.1. The average molecular weight is 316 g/mol. The number of pyridine rings is 1. The van der Waals surface area contributed by atoms with E-state index in [0.29, 0.717) is 11.8 Å². The lowest BCUT2D eigenvalue weighted by Gasteiger charge is -2.08. The van der Waals surface area contributed by atoms with Gasteiger partial charge in [0.25, 0.3) is 0 Å². The Bertz CT molecular complexity index is 674. The van der Waals surface area contributed by atoms with Gasteiger partial charge in [-0.25, -0.2) is 4.98 Å². The molecule has 1 aromatic heterocycles. The fourth-order valence-corrected chi connectivity index (χ4v) is 1.64. The minimum absolute atomic E-state index is 0.0173. The molecule has 0 atom stereocenters. The molecule has 0 saturated carbocycles. The molecule has 0 aliphatic carbocycles. The number of phenols is 1. The molecule has 2 aromatic rings. The van der Waals surface area contributed by atoms with Crippen molar-refractivity contribution in [2.45, 2.75) is 6.18 Å². The van der Waals surface area contributed by atoms with Gasteiger partial charge in [0.15, 0.2) is 5.82 Å². The monoisotopic (exact) mass is 315 g/mol. The van der Waals surface area contributed by atoms with Gasteiger partial charge in [-0.1, -0.05) is 23.7 Å². The highest BCUT2D eigenvalue weighted by atomic mass is 35.5. The van der Waals surface area contributed by atoms with Crippen LogP contribution in [0.1, 0.15) is 11.1 Å². The van der Waals surface area contributed by atoms with Crippen LogP contribution in [0, 0.1) is 0 Å². The summed E-state index contributed by atoms with van der Waals surface area (Å²) in [5.74, 6) is 0.00543. The summed E-state index contributed by atoms with van der Waals surface area (Å²) in [6.07, 6.45) is -2.55. The van der Waals surface area contributed by atoms with E-state index in [-0.39, 0.29) is 16.6 Å². The molecule has 0 aliphatic rings. The van der Waals surface area contributed by atoms with Crippen LogP contribution in [-0.2, 0) is 6.18 Å². The molecule has 110 valence electrons. The predicted molar refractivity (Wildman–Crippen MR) is 73.6 cm³/mol. The van der Waals surface area contributed by atoms with E-state index in [9.17, 15) is 18.3 Å². The number of nitrogens with zero attached hydrogens (tertiary/aromatic N) is 2. The number of alkyl halides is 3. The van der Waals surface area contributed by atoms with Crippen LogP contribution in [0.2, 0.25) is 5.02 Å². The number of aromatic nitrogens is 1. The van der Waals surface area contributed by atoms with E-state index < -0.39 is 11.7 Å². The first-order chi connectivity index (χ1) is 9.88. The van der Waals surface area contributed by atoms with Gasteiger partial charge < -0.3 is 5.11 Å². The van der Waals surface area contributed by atoms with Crippen molar-refractivity contribution in [3.05, 3.63) is 52.7 Å². The van der Waals surface area contributed by atoms with Gasteiger partial charge in [0.05, 0.1) is 16.8 Å². The van der Waals surface area contributed by atoms with Gasteiger partial charge in [0.2, 0.25) is 0 Å². The van der Waals surface area contributed by atoms with Crippen molar-refractivity contribution in [3.63, 3.8) is 0 Å². The SMILES string of the molecule is Oc1ccccc1C=NNc1ncc(C(F)(F)F)cc1Cl. The molecule has 0 amide bonds. The van der Waals surface area contributed by atoms with Crippen LogP contribution in [0.15, 0.2) is 41.6 Å². The molecule has 0 spiro atoms. The Labute approximate surface area is 122 Å². The Morgan fingerprint density at radius 2 is 2.00 bits per heavy atom. The van der Waals surface area contributed by atoms with Crippen LogP contribution in [0.3, 0.4) is 0 Å². The number of phenolic OH excluding ortho intramolecular Hbond substituents is 1. The minimum atomic E-state index is -4.51. The summed E-state index contributed by atoms with van der Waals surface area (Å²) in [4.78, 5) is 3.56. The third kappa shape index (κ3) is 3.85. The molecule has 8 heteroatoms. The quantitative estimate of drug-likeness (QED) is 0.667. The lowest BCUT2D eigenvalue weighted by molar-refractivity contribution is -0.137. The molecule has 0 unspecified atom stereocenters. The molecule has 0 saturated heterocycles. The standard InChI is InChI=1S/C13H9ClF3N3O/c14-10-5-9(13(15,16)17)7-18-12(10)20-19-6-8-3-1-2-4-11(8)21/h1-7,21H,(H,18,20). The van der Waals surface area contributed by atoms with E-state index in [0.717, 1.165) is 6.07 Å². The maximum absolute atomic E-state index is 12.4. The van der Waals surface area contributed by atoms with Crippen molar-refractivity contribution in [3.8, 4) is 5.75 Å². The topological polar surface area (TPSA) is 57.5 Å². The van der Waals surface area contributed by atoms with Crippen LogP contribution in [0.25, 0.3) is 0 Å². The molecule has 2 rings (SSSR count). The molecule has 2 N–H and O–H groups in total. The van der Waals surface area contributed by atoms with E-state index in [1.807, 2.05) is 0 Å². The first kappa shape index (κ1) is 15.1. The normalized spacial score (nSPS) is 11.8. The smallest absolute Gasteiger partial charge is 0.417 e. The summed E-state index contributed by atoms with van der Waals surface area (Å²) in [6, 6.07) is 7.19. The Morgan fingerprint density at radius 1 is 1.29 bits per heavy atom. The first-order valence-corrected chi connectivity index (χ1v) is 6.05. The highest BCUT2D eigenvalue weighted by Crippen LogP contribution is 2.32. The maximum atomic E-state index is 12.4. The number of hydrogen-bond acceptors (Lipinski definition) is 4. The fraction of sp³-hybridized carbons (Fsp3) is 0.0769. The Kier molecular flexibility index (Phi) is 4.32. The molecule has 0 fully saturated rings. The van der Waals surface area contributed by atoms with E-state index in [1.54, 1.807) is 18.2 Å². The lowest BCUT2D eigenvalue weighted by atomic mass is 10.2. The number of hydrazone groups is 1. The molecule has 4 nitrogen and oxygen atoms in total. The number of anilines is 1. The van der Waals surface area contributed by atoms with Gasteiger partial charge in [-0.05, 0) is 18.2 Å². The van der Waals surface area contributed by atoms with Crippen molar-refractivity contribution in [2.24, 2.45) is 5.10 Å². The number of hydrogen-bond donors (Lipinski definition) is 2. The second-order valence-corrected chi connectivity index (χ2v) is 4.39. The molecule has 1 aromatic carbocycles. The van der Waals surface area contributed by atoms with Gasteiger partial charge in [-0.2, -0.15) is 18.3 Å². The minimum Gasteiger partial charge on any atom is -0.507 e. The Balaban J connectivity index is 2.12. The van der Waals surface area contributed by atoms with E-state index in [2.05, 4.69) is 15.5 Å². The summed E-state index contributed by atoms with van der Waals surface area (Å²) >= 11 is 5.70. The van der Waals surface area contributed by atoms with E-state index in [4.69, 9.17) is 11.6 Å². The van der Waals surface area contributed by atoms with Gasteiger partial charge in [-0.3, -0.25) is 5.43 Å². The molecule has 1 heterocycles. The van der Waals surface area contributed by atoms with Crippen LogP contribution in [0.4, 0.5) is 19.0 Å². The second-order valence-electron chi connectivity index (χ2n) is 3.98. The fourth-order valence-electron chi connectivity index (χ4n) is 1.43. The number of nitrogens with one attached hydrogen (secondary N) is 1. The van der Waals surface area contributed by atoms with Crippen LogP contribution >= 0.6 is 11.6 Å². The summed E-state index contributed by atoms with van der Waals surface area (Å²) in [5.41, 5.74) is 1.91. The summed E-state index contributed by atoms with van der Waals surface area (Å²) in [6.45, 7) is 0. The van der Waals surface area contributed by atoms with E-state index in [1.165, 1.54) is 12.3 Å². The van der Waals surface area contributed by atoms with E-state index >= 15 is 0 Å². The number of rotatable bonds is 3. The largest absolute Gasteiger partial charge is 0.507 e. The highest BCUT2D eigenvalue weighted by Gasteiger charge is 2.31. The zero-order valence-corrected chi connectivity index (χ0v) is 11.2. The van der Waals surface area contributed by atoms with Gasteiger partial charge in [0.1, 0.15) is 5.75 Å². The molecule has 0 aliphatic heterocycles. The maximum Gasteiger partial charge on any atom is 0.417 e. The van der Waals surface area contributed by atoms with Gasteiger partial charge >= 0.3 is 6.18 Å². The molecular weight excluding hydrogens is 307 g/mol. The Hall–Kier alpha value is -2.28. The van der Waals surface area contributed by atoms with Crippen molar-refractivity contribution in [1.29, 1.82) is 0 Å². The lowest BCUT2D eigenvalue weighted by Crippen LogP contribution is -2.06. The third-order valence-corrected chi connectivity index (χ3v) is 2.77. The summed E-state index contributed by atoms with van der Waals surface area (Å²) in [7, 11) is 0. The molecule has 0 bridgehead atoms. The molecular formula is C13H9ClF3N3O. The van der Waals surface area contributed by atoms with Crippen LogP contribution in [-0.4, -0.2) is 16.3 Å². The van der Waals surface area contributed by atoms with Crippen LogP contribution in [0.5, 0.6) is 5.75 Å². The van der Waals surface area contributed by atoms with Crippen molar-refractivity contribution in [2.75, 3.05) is 5.43 Å². The van der Waals surface area contributed by atoms with Gasteiger partial charge in [0, 0.05) is 11.8 Å². The van der Waals surface area contributed by atoms with Crippen molar-refractivity contribution in [1.82, 2.24) is 4.98 Å². The van der Waals surface area contributed by atoms with Crippen molar-refractivity contribution >= 4 is 23.6 Å². The highest BCUT2D eigenvalue weighted by molar-refractivity contribution is 6.32. The van der Waals surface area contributed by atoms with Crippen molar-refractivity contribution < 1.29 is 18.3 Å². The number of halogens is 4. The number of benzene rings is 1. The average Bonchev–Trinajstić information content (AvgIpc) is 2.41. The second kappa shape index (κ2) is 6.01. The van der Waals surface area contributed by atoms with Crippen LogP contribution < -0.4 is 5.43 Å². The zero-order chi connectivity index (χ0) is 15.5. The number of para-hydroxylation sites is 1. The van der Waals surface area contributed by atoms with Gasteiger partial charge in [-0.15, -0.1) is 0 Å². The zero-order valence-electron chi connectivity index (χ0n) is 10.4.